The fourth-order valence-electron chi connectivity index (χ4n) is 1.67. The summed E-state index contributed by atoms with van der Waals surface area (Å²) in [5.41, 5.74) is 0.259. The van der Waals surface area contributed by atoms with Crippen molar-refractivity contribution >= 4 is 11.8 Å². The van der Waals surface area contributed by atoms with Crippen molar-refractivity contribution in [1.82, 2.24) is 0 Å². The van der Waals surface area contributed by atoms with Crippen molar-refractivity contribution in [3.05, 3.63) is 53.3 Å². The number of hydrogen-bond donors (Lipinski definition) is 1. The number of carbonyl (C=O) groups is 2. The first-order valence-corrected chi connectivity index (χ1v) is 5.75. The average Bonchev–Trinajstić information content (AvgIpc) is 2.98. The second-order valence-electron chi connectivity index (χ2n) is 3.89. The molecule has 0 spiro atoms. The van der Waals surface area contributed by atoms with Gasteiger partial charge in [0.15, 0.2) is 11.5 Å². The van der Waals surface area contributed by atoms with Crippen LogP contribution in [0.1, 0.15) is 10.4 Å². The number of carboxylic acids is 1. The number of allylic oxidation sites excluding steroid dienone is 1. The summed E-state index contributed by atoms with van der Waals surface area (Å²) >= 11 is 0. The third-order valence-corrected chi connectivity index (χ3v) is 2.62. The van der Waals surface area contributed by atoms with Crippen LogP contribution in [0.15, 0.2) is 47.7 Å². The van der Waals surface area contributed by atoms with Gasteiger partial charge in [0.1, 0.15) is 12.4 Å². The molecule has 1 aromatic rings. The van der Waals surface area contributed by atoms with Crippen molar-refractivity contribution < 1.29 is 29.2 Å². The molecule has 20 heavy (non-hydrogen) atoms. The fraction of sp³-hybridized carbons (Fsp3) is 0.143. The van der Waals surface area contributed by atoms with Gasteiger partial charge in [0.05, 0.1) is 12.7 Å². The monoisotopic (exact) mass is 276 g/mol. The van der Waals surface area contributed by atoms with Crippen LogP contribution in [0, 0.1) is 0 Å². The predicted octanol–water partition coefficient (Wildman–Crippen LogP) is 1.73. The topological polar surface area (TPSA) is 82.1 Å². The Morgan fingerprint density at radius 3 is 2.50 bits per heavy atom. The van der Waals surface area contributed by atoms with Gasteiger partial charge >= 0.3 is 5.97 Å². The zero-order valence-corrected chi connectivity index (χ0v) is 10.7. The molecule has 0 aromatic heterocycles. The van der Waals surface area contributed by atoms with Gasteiger partial charge in [-0.15, -0.1) is 0 Å². The highest BCUT2D eigenvalue weighted by Crippen LogP contribution is 2.22. The van der Waals surface area contributed by atoms with E-state index >= 15 is 0 Å². The van der Waals surface area contributed by atoms with Crippen molar-refractivity contribution in [3.63, 3.8) is 0 Å². The second-order valence-corrected chi connectivity index (χ2v) is 3.89. The molecule has 0 aliphatic carbocycles. The molecule has 0 bridgehead atoms. The fourth-order valence-corrected chi connectivity index (χ4v) is 1.67. The minimum atomic E-state index is -1.24. The van der Waals surface area contributed by atoms with Crippen LogP contribution in [0.2, 0.25) is 0 Å². The van der Waals surface area contributed by atoms with Gasteiger partial charge in [-0.25, -0.2) is 4.79 Å². The van der Waals surface area contributed by atoms with E-state index in [1.807, 2.05) is 0 Å². The minimum absolute atomic E-state index is 0.0693. The number of Topliss-reactive ketones (excluding diaryl/α,β-unsaturated/α-hetero) is 1. The molecule has 1 aromatic carbocycles. The molecule has 1 aliphatic heterocycles. The van der Waals surface area contributed by atoms with Gasteiger partial charge in [0, 0.05) is 11.6 Å². The first-order valence-electron chi connectivity index (χ1n) is 5.75. The SMILES string of the molecule is COc1ccc(C(=O)C(=CC(=O)O)C2=CCOO2)cc1. The number of aliphatic carboxylic acids is 1. The highest BCUT2D eigenvalue weighted by Gasteiger charge is 2.22. The van der Waals surface area contributed by atoms with E-state index in [4.69, 9.17) is 14.7 Å². The first-order chi connectivity index (χ1) is 9.61. The Hall–Kier alpha value is -2.60. The first kappa shape index (κ1) is 13.8. The molecule has 0 amide bonds. The number of methoxy groups -OCH3 is 1. The van der Waals surface area contributed by atoms with Crippen molar-refractivity contribution in [1.29, 1.82) is 0 Å². The number of carbonyl (C=O) groups excluding carboxylic acids is 1. The van der Waals surface area contributed by atoms with Crippen LogP contribution in [0.4, 0.5) is 0 Å². The van der Waals surface area contributed by atoms with Crippen LogP contribution in [0.25, 0.3) is 0 Å². The largest absolute Gasteiger partial charge is 0.497 e. The van der Waals surface area contributed by atoms with Crippen LogP contribution in [0.3, 0.4) is 0 Å². The van der Waals surface area contributed by atoms with Crippen molar-refractivity contribution in [2.75, 3.05) is 13.7 Å². The maximum atomic E-state index is 12.3. The zero-order chi connectivity index (χ0) is 14.5. The number of ether oxygens (including phenoxy) is 1. The van der Waals surface area contributed by atoms with E-state index in [0.717, 1.165) is 6.08 Å². The summed E-state index contributed by atoms with van der Waals surface area (Å²) in [6, 6.07) is 6.33. The van der Waals surface area contributed by atoms with E-state index in [1.54, 1.807) is 24.3 Å². The number of hydrogen-bond acceptors (Lipinski definition) is 5. The van der Waals surface area contributed by atoms with E-state index < -0.39 is 11.8 Å². The summed E-state index contributed by atoms with van der Waals surface area (Å²) in [5.74, 6) is -0.997. The molecular formula is C14H12O6. The Labute approximate surface area is 114 Å². The third-order valence-electron chi connectivity index (χ3n) is 2.62. The van der Waals surface area contributed by atoms with Crippen LogP contribution in [0.5, 0.6) is 5.75 Å². The Morgan fingerprint density at radius 1 is 1.30 bits per heavy atom. The Bertz CT molecular complexity index is 582. The van der Waals surface area contributed by atoms with Gasteiger partial charge in [0.25, 0.3) is 0 Å². The quantitative estimate of drug-likeness (QED) is 0.501. The maximum absolute atomic E-state index is 12.3. The lowest BCUT2D eigenvalue weighted by Gasteiger charge is -2.07. The Balaban J connectivity index is 2.32. The van der Waals surface area contributed by atoms with Crippen molar-refractivity contribution in [2.45, 2.75) is 0 Å². The zero-order valence-electron chi connectivity index (χ0n) is 10.7. The normalized spacial score (nSPS) is 14.4. The molecule has 2 rings (SSSR count). The van der Waals surface area contributed by atoms with Gasteiger partial charge in [0.2, 0.25) is 0 Å². The summed E-state index contributed by atoms with van der Waals surface area (Å²) in [5, 5.41) is 8.85. The summed E-state index contributed by atoms with van der Waals surface area (Å²) in [7, 11) is 1.51. The number of carboxylic acid groups (broad SMARTS) is 1. The van der Waals surface area contributed by atoms with Gasteiger partial charge in [-0.2, -0.15) is 4.89 Å². The van der Waals surface area contributed by atoms with Crippen LogP contribution >= 0.6 is 0 Å². The molecule has 0 radical (unpaired) electrons. The van der Waals surface area contributed by atoms with Crippen LogP contribution in [-0.4, -0.2) is 30.6 Å². The van der Waals surface area contributed by atoms with Gasteiger partial charge < -0.3 is 14.7 Å². The van der Waals surface area contributed by atoms with Gasteiger partial charge in [-0.05, 0) is 30.3 Å². The minimum Gasteiger partial charge on any atom is -0.497 e. The van der Waals surface area contributed by atoms with Gasteiger partial charge in [-0.1, -0.05) is 0 Å². The van der Waals surface area contributed by atoms with E-state index in [-0.39, 0.29) is 17.9 Å². The standard InChI is InChI=1S/C14H12O6/c1-18-10-4-2-9(3-5-10)14(17)11(8-13(15)16)12-6-7-19-20-12/h2-6,8H,7H2,1H3,(H,15,16). The summed E-state index contributed by atoms with van der Waals surface area (Å²) in [4.78, 5) is 32.6. The molecule has 6 heteroatoms. The second kappa shape index (κ2) is 6.03. The van der Waals surface area contributed by atoms with Crippen molar-refractivity contribution in [3.8, 4) is 5.75 Å². The lowest BCUT2D eigenvalue weighted by atomic mass is 10.0. The molecule has 1 aliphatic rings. The Kier molecular flexibility index (Phi) is 4.17. The summed E-state index contributed by atoms with van der Waals surface area (Å²) in [6.07, 6.45) is 2.29. The van der Waals surface area contributed by atoms with Crippen molar-refractivity contribution in [2.24, 2.45) is 0 Å². The molecule has 1 N–H and O–H groups in total. The number of benzene rings is 1. The third kappa shape index (κ3) is 3.04. The van der Waals surface area contributed by atoms with E-state index in [9.17, 15) is 9.59 Å². The maximum Gasteiger partial charge on any atom is 0.329 e. The highest BCUT2D eigenvalue weighted by molar-refractivity contribution is 6.13. The average molecular weight is 276 g/mol. The highest BCUT2D eigenvalue weighted by atomic mass is 17.2. The Morgan fingerprint density at radius 2 is 2.00 bits per heavy atom. The lowest BCUT2D eigenvalue weighted by molar-refractivity contribution is -0.230. The number of rotatable bonds is 5. The molecule has 0 saturated carbocycles. The molecule has 0 unspecified atom stereocenters. The lowest BCUT2D eigenvalue weighted by Crippen LogP contribution is -2.09. The van der Waals surface area contributed by atoms with Gasteiger partial charge in [-0.3, -0.25) is 4.79 Å². The molecular weight excluding hydrogens is 264 g/mol. The molecule has 6 nitrogen and oxygen atoms in total. The van der Waals surface area contributed by atoms with E-state index in [1.165, 1.54) is 13.2 Å². The molecule has 0 atom stereocenters. The van der Waals surface area contributed by atoms with E-state index in [2.05, 4.69) is 4.89 Å². The predicted molar refractivity (Wildman–Crippen MR) is 68.2 cm³/mol. The van der Waals surface area contributed by atoms with Crippen LogP contribution < -0.4 is 4.74 Å². The molecule has 0 fully saturated rings. The smallest absolute Gasteiger partial charge is 0.329 e. The van der Waals surface area contributed by atoms with E-state index in [0.29, 0.717) is 11.3 Å². The molecule has 1 heterocycles. The summed E-state index contributed by atoms with van der Waals surface area (Å²) in [6.45, 7) is 0.169. The number of ketones is 1. The molecule has 0 saturated heterocycles. The molecule has 104 valence electrons. The van der Waals surface area contributed by atoms with Crippen LogP contribution in [-0.2, 0) is 14.6 Å². The summed E-state index contributed by atoms with van der Waals surface area (Å²) < 4.78 is 5.00.